The maximum absolute atomic E-state index is 3.49. The summed E-state index contributed by atoms with van der Waals surface area (Å²) < 4.78 is 0. The van der Waals surface area contributed by atoms with E-state index in [9.17, 15) is 0 Å². The first-order valence-electron chi connectivity index (χ1n) is 7.74. The second-order valence-corrected chi connectivity index (χ2v) is 6.04. The number of fused-ring (bicyclic) bond motifs is 1. The lowest BCUT2D eigenvalue weighted by molar-refractivity contribution is 0.550. The van der Waals surface area contributed by atoms with Crippen LogP contribution in [0.3, 0.4) is 0 Å². The minimum Gasteiger partial charge on any atom is -0.371 e. The van der Waals surface area contributed by atoms with Crippen LogP contribution in [0.5, 0.6) is 0 Å². The van der Waals surface area contributed by atoms with Gasteiger partial charge >= 0.3 is 0 Å². The first-order chi connectivity index (χ1) is 9.16. The molecular formula is C17H28N2. The van der Waals surface area contributed by atoms with Crippen molar-refractivity contribution in [2.24, 2.45) is 0 Å². The second kappa shape index (κ2) is 6.95. The molecule has 0 atom stereocenters. The van der Waals surface area contributed by atoms with Crippen LogP contribution in [0.2, 0.25) is 0 Å². The average molecular weight is 260 g/mol. The van der Waals surface area contributed by atoms with E-state index in [1.54, 1.807) is 5.56 Å². The van der Waals surface area contributed by atoms with Crippen LogP contribution >= 0.6 is 0 Å². The summed E-state index contributed by atoms with van der Waals surface area (Å²) in [7, 11) is 0. The van der Waals surface area contributed by atoms with Crippen LogP contribution in [0, 0.1) is 6.92 Å². The predicted molar refractivity (Wildman–Crippen MR) is 84.1 cm³/mol. The quantitative estimate of drug-likeness (QED) is 0.787. The average Bonchev–Trinajstić information content (AvgIpc) is 2.37. The Morgan fingerprint density at radius 2 is 2.11 bits per heavy atom. The number of aryl methyl sites for hydroxylation is 2. The highest BCUT2D eigenvalue weighted by Gasteiger charge is 2.15. The van der Waals surface area contributed by atoms with Crippen molar-refractivity contribution in [1.29, 1.82) is 0 Å². The van der Waals surface area contributed by atoms with Crippen LogP contribution in [0.25, 0.3) is 0 Å². The molecule has 19 heavy (non-hydrogen) atoms. The molecule has 0 amide bonds. The van der Waals surface area contributed by atoms with E-state index >= 15 is 0 Å². The first kappa shape index (κ1) is 14.4. The van der Waals surface area contributed by atoms with Gasteiger partial charge in [-0.2, -0.15) is 0 Å². The molecule has 0 bridgehead atoms. The molecule has 1 N–H and O–H groups in total. The van der Waals surface area contributed by atoms with E-state index in [0.717, 1.165) is 6.54 Å². The predicted octanol–water partition coefficient (Wildman–Crippen LogP) is 3.53. The van der Waals surface area contributed by atoms with Gasteiger partial charge in [0.05, 0.1) is 0 Å². The Kier molecular flexibility index (Phi) is 5.26. The zero-order valence-corrected chi connectivity index (χ0v) is 12.7. The number of benzene rings is 1. The van der Waals surface area contributed by atoms with E-state index in [0.29, 0.717) is 6.04 Å². The van der Waals surface area contributed by atoms with E-state index in [4.69, 9.17) is 0 Å². The summed E-state index contributed by atoms with van der Waals surface area (Å²) >= 11 is 0. The molecule has 106 valence electrons. The maximum atomic E-state index is 3.49. The number of hydrogen-bond acceptors (Lipinski definition) is 2. The summed E-state index contributed by atoms with van der Waals surface area (Å²) in [6, 6.07) is 7.54. The summed E-state index contributed by atoms with van der Waals surface area (Å²) in [6.07, 6.45) is 5.12. The molecule has 0 aliphatic carbocycles. The monoisotopic (exact) mass is 260 g/mol. The minimum absolute atomic E-state index is 0.610. The van der Waals surface area contributed by atoms with Crippen LogP contribution < -0.4 is 10.2 Å². The fourth-order valence-corrected chi connectivity index (χ4v) is 2.85. The van der Waals surface area contributed by atoms with Crippen molar-refractivity contribution >= 4 is 5.69 Å². The van der Waals surface area contributed by atoms with E-state index in [2.05, 4.69) is 49.2 Å². The van der Waals surface area contributed by atoms with E-state index in [1.807, 2.05) is 0 Å². The van der Waals surface area contributed by atoms with Crippen molar-refractivity contribution in [3.63, 3.8) is 0 Å². The number of unbranched alkanes of at least 4 members (excludes halogenated alkanes) is 1. The summed E-state index contributed by atoms with van der Waals surface area (Å²) in [4.78, 5) is 2.58. The fraction of sp³-hybridized carbons (Fsp3) is 0.647. The molecule has 2 nitrogen and oxygen atoms in total. The molecule has 1 aromatic carbocycles. The van der Waals surface area contributed by atoms with Crippen molar-refractivity contribution in [1.82, 2.24) is 5.32 Å². The van der Waals surface area contributed by atoms with Gasteiger partial charge in [0, 0.05) is 24.8 Å². The molecule has 1 aromatic rings. The Morgan fingerprint density at radius 1 is 1.26 bits per heavy atom. The Morgan fingerprint density at radius 3 is 2.89 bits per heavy atom. The lowest BCUT2D eigenvalue weighted by Gasteiger charge is -2.31. The van der Waals surface area contributed by atoms with Crippen LogP contribution in [-0.2, 0) is 6.42 Å². The number of nitrogens with one attached hydrogen (secondary N) is 1. The van der Waals surface area contributed by atoms with Crippen molar-refractivity contribution in [2.75, 3.05) is 24.5 Å². The van der Waals surface area contributed by atoms with Crippen molar-refractivity contribution in [3.05, 3.63) is 29.3 Å². The molecule has 1 aliphatic heterocycles. The summed E-state index contributed by atoms with van der Waals surface area (Å²) in [5.74, 6) is 0. The number of nitrogens with zero attached hydrogens (tertiary/aromatic N) is 1. The van der Waals surface area contributed by atoms with Gasteiger partial charge in [-0.15, -0.1) is 0 Å². The van der Waals surface area contributed by atoms with Crippen LogP contribution in [-0.4, -0.2) is 25.7 Å². The third-order valence-corrected chi connectivity index (χ3v) is 3.86. The molecule has 0 spiro atoms. The normalized spacial score (nSPS) is 14.8. The molecule has 0 saturated carbocycles. The fourth-order valence-electron chi connectivity index (χ4n) is 2.85. The highest BCUT2D eigenvalue weighted by Crippen LogP contribution is 2.28. The van der Waals surface area contributed by atoms with E-state index in [-0.39, 0.29) is 0 Å². The SMILES string of the molecule is Cc1ccc2c(c1)CCCN2CCCCNC(C)C. The van der Waals surface area contributed by atoms with Crippen molar-refractivity contribution < 1.29 is 0 Å². The van der Waals surface area contributed by atoms with Crippen molar-refractivity contribution in [2.45, 2.75) is 52.5 Å². The van der Waals surface area contributed by atoms with Gasteiger partial charge in [-0.05, 0) is 50.8 Å². The Bertz CT molecular complexity index is 398. The van der Waals surface area contributed by atoms with Crippen LogP contribution in [0.4, 0.5) is 5.69 Å². The van der Waals surface area contributed by atoms with Crippen LogP contribution in [0.15, 0.2) is 18.2 Å². The second-order valence-electron chi connectivity index (χ2n) is 6.04. The van der Waals surface area contributed by atoms with E-state index < -0.39 is 0 Å². The topological polar surface area (TPSA) is 15.3 Å². The lowest BCUT2D eigenvalue weighted by atomic mass is 9.99. The molecule has 0 saturated heterocycles. The number of anilines is 1. The number of rotatable bonds is 6. The molecule has 1 aliphatic rings. The van der Waals surface area contributed by atoms with Gasteiger partial charge in [0.1, 0.15) is 0 Å². The van der Waals surface area contributed by atoms with Crippen LogP contribution in [0.1, 0.15) is 44.2 Å². The van der Waals surface area contributed by atoms with Gasteiger partial charge in [0.2, 0.25) is 0 Å². The molecule has 0 fully saturated rings. The molecule has 2 rings (SSSR count). The van der Waals surface area contributed by atoms with Gasteiger partial charge in [0.25, 0.3) is 0 Å². The third kappa shape index (κ3) is 4.24. The zero-order chi connectivity index (χ0) is 13.7. The highest BCUT2D eigenvalue weighted by molar-refractivity contribution is 5.56. The molecule has 1 heterocycles. The van der Waals surface area contributed by atoms with Crippen molar-refractivity contribution in [3.8, 4) is 0 Å². The summed E-state index contributed by atoms with van der Waals surface area (Å²) in [5, 5.41) is 3.49. The third-order valence-electron chi connectivity index (χ3n) is 3.86. The lowest BCUT2D eigenvalue weighted by Crippen LogP contribution is -2.31. The van der Waals surface area contributed by atoms with Gasteiger partial charge in [-0.25, -0.2) is 0 Å². The maximum Gasteiger partial charge on any atom is 0.0398 e. The number of hydrogen-bond donors (Lipinski definition) is 1. The van der Waals surface area contributed by atoms with Gasteiger partial charge in [-0.3, -0.25) is 0 Å². The smallest absolute Gasteiger partial charge is 0.0398 e. The largest absolute Gasteiger partial charge is 0.371 e. The summed E-state index contributed by atoms with van der Waals surface area (Å²) in [6.45, 7) is 10.2. The van der Waals surface area contributed by atoms with Gasteiger partial charge < -0.3 is 10.2 Å². The standard InChI is InChI=1S/C17H28N2/c1-14(2)18-10-4-5-11-19-12-6-7-16-13-15(3)8-9-17(16)19/h8-9,13-14,18H,4-7,10-12H2,1-3H3. The molecule has 0 unspecified atom stereocenters. The first-order valence-corrected chi connectivity index (χ1v) is 7.74. The molecule has 0 radical (unpaired) electrons. The molecule has 0 aromatic heterocycles. The Hall–Kier alpha value is -1.02. The Balaban J connectivity index is 1.82. The minimum atomic E-state index is 0.610. The van der Waals surface area contributed by atoms with E-state index in [1.165, 1.54) is 50.0 Å². The molecular weight excluding hydrogens is 232 g/mol. The summed E-state index contributed by atoms with van der Waals surface area (Å²) in [5.41, 5.74) is 4.42. The van der Waals surface area contributed by atoms with Gasteiger partial charge in [-0.1, -0.05) is 31.5 Å². The molecule has 2 heteroatoms. The zero-order valence-electron chi connectivity index (χ0n) is 12.7. The Labute approximate surface area is 118 Å². The van der Waals surface area contributed by atoms with Gasteiger partial charge in [0.15, 0.2) is 0 Å². The highest BCUT2D eigenvalue weighted by atomic mass is 15.1.